The Balaban J connectivity index is 2.06. The smallest absolute Gasteiger partial charge is 0.0291 e. The molecular weight excluding hydrogens is 250 g/mol. The summed E-state index contributed by atoms with van der Waals surface area (Å²) < 4.78 is 0. The molecule has 19 heavy (non-hydrogen) atoms. The van der Waals surface area contributed by atoms with E-state index in [0.29, 0.717) is 6.04 Å². The van der Waals surface area contributed by atoms with Gasteiger partial charge in [-0.1, -0.05) is 48.5 Å². The first-order chi connectivity index (χ1) is 9.19. The Labute approximate surface area is 120 Å². The number of aryl methyl sites for hydroxylation is 1. The zero-order chi connectivity index (χ0) is 13.7. The maximum absolute atomic E-state index is 3.43. The van der Waals surface area contributed by atoms with Gasteiger partial charge in [-0.2, -0.15) is 0 Å². The molecule has 100 valence electrons. The monoisotopic (exact) mass is 271 g/mol. The minimum Gasteiger partial charge on any atom is -0.310 e. The first-order valence-electron chi connectivity index (χ1n) is 6.77. The third-order valence-electron chi connectivity index (χ3n) is 3.12. The fourth-order valence-corrected chi connectivity index (χ4v) is 3.00. The maximum atomic E-state index is 3.43. The van der Waals surface area contributed by atoms with E-state index in [4.69, 9.17) is 0 Å². The van der Waals surface area contributed by atoms with E-state index in [9.17, 15) is 0 Å². The molecule has 0 aromatic heterocycles. The maximum Gasteiger partial charge on any atom is 0.0291 e. The van der Waals surface area contributed by atoms with Crippen molar-refractivity contribution in [3.05, 3.63) is 59.7 Å². The molecule has 1 N–H and O–H groups in total. The minimum atomic E-state index is 0.419. The van der Waals surface area contributed by atoms with E-state index < -0.39 is 0 Å². The number of hydrogen-bond donors (Lipinski definition) is 1. The van der Waals surface area contributed by atoms with Gasteiger partial charge >= 0.3 is 0 Å². The molecule has 0 saturated carbocycles. The average Bonchev–Trinajstić information content (AvgIpc) is 2.40. The Morgan fingerprint density at radius 3 is 2.42 bits per heavy atom. The topological polar surface area (TPSA) is 12.0 Å². The van der Waals surface area contributed by atoms with Gasteiger partial charge in [0.1, 0.15) is 0 Å². The normalized spacial score (nSPS) is 12.4. The second kappa shape index (κ2) is 6.78. The molecule has 0 amide bonds. The summed E-state index contributed by atoms with van der Waals surface area (Å²) in [5.74, 6) is 0. The molecule has 0 aliphatic rings. The van der Waals surface area contributed by atoms with Crippen molar-refractivity contribution in [1.29, 1.82) is 0 Å². The molecule has 2 aromatic rings. The highest BCUT2D eigenvalue weighted by Gasteiger charge is 2.04. The SMILES string of the molecule is CCNC(C)c1ccc(Sc2cccc(C)c2)cc1. The molecular formula is C17H21NS. The van der Waals surface area contributed by atoms with Crippen molar-refractivity contribution in [3.63, 3.8) is 0 Å². The van der Waals surface area contributed by atoms with E-state index >= 15 is 0 Å². The van der Waals surface area contributed by atoms with Crippen molar-refractivity contribution in [2.75, 3.05) is 6.54 Å². The first-order valence-corrected chi connectivity index (χ1v) is 7.58. The van der Waals surface area contributed by atoms with E-state index in [2.05, 4.69) is 74.6 Å². The quantitative estimate of drug-likeness (QED) is 0.837. The molecule has 0 bridgehead atoms. The second-order valence-electron chi connectivity index (χ2n) is 4.77. The van der Waals surface area contributed by atoms with Crippen LogP contribution in [0.25, 0.3) is 0 Å². The van der Waals surface area contributed by atoms with Gasteiger partial charge in [0.2, 0.25) is 0 Å². The molecule has 0 aliphatic heterocycles. The van der Waals surface area contributed by atoms with Crippen LogP contribution in [-0.4, -0.2) is 6.54 Å². The van der Waals surface area contributed by atoms with Crippen LogP contribution in [0.5, 0.6) is 0 Å². The van der Waals surface area contributed by atoms with Gasteiger partial charge in [0.05, 0.1) is 0 Å². The molecule has 0 radical (unpaired) electrons. The molecule has 1 atom stereocenters. The number of benzene rings is 2. The lowest BCUT2D eigenvalue weighted by atomic mass is 10.1. The third-order valence-corrected chi connectivity index (χ3v) is 4.11. The summed E-state index contributed by atoms with van der Waals surface area (Å²) in [6.45, 7) is 7.47. The fourth-order valence-electron chi connectivity index (χ4n) is 2.06. The van der Waals surface area contributed by atoms with Crippen molar-refractivity contribution in [2.24, 2.45) is 0 Å². The average molecular weight is 271 g/mol. The predicted molar refractivity (Wildman–Crippen MR) is 83.8 cm³/mol. The zero-order valence-electron chi connectivity index (χ0n) is 11.8. The Morgan fingerprint density at radius 2 is 1.79 bits per heavy atom. The van der Waals surface area contributed by atoms with Crippen LogP contribution in [0, 0.1) is 6.92 Å². The van der Waals surface area contributed by atoms with Gasteiger partial charge in [0.15, 0.2) is 0 Å². The summed E-state index contributed by atoms with van der Waals surface area (Å²) in [5, 5.41) is 3.43. The van der Waals surface area contributed by atoms with Crippen LogP contribution in [-0.2, 0) is 0 Å². The molecule has 0 saturated heterocycles. The molecule has 1 unspecified atom stereocenters. The molecule has 0 aliphatic carbocycles. The highest BCUT2D eigenvalue weighted by molar-refractivity contribution is 7.99. The van der Waals surface area contributed by atoms with Crippen molar-refractivity contribution >= 4 is 11.8 Å². The van der Waals surface area contributed by atoms with Crippen LogP contribution >= 0.6 is 11.8 Å². The van der Waals surface area contributed by atoms with E-state index in [1.807, 2.05) is 11.8 Å². The van der Waals surface area contributed by atoms with E-state index in [1.54, 1.807) is 0 Å². The molecule has 0 fully saturated rings. The largest absolute Gasteiger partial charge is 0.310 e. The van der Waals surface area contributed by atoms with Gasteiger partial charge in [0, 0.05) is 15.8 Å². The van der Waals surface area contributed by atoms with E-state index in [0.717, 1.165) is 6.54 Å². The molecule has 2 rings (SSSR count). The summed E-state index contributed by atoms with van der Waals surface area (Å²) in [6, 6.07) is 17.9. The van der Waals surface area contributed by atoms with E-state index in [-0.39, 0.29) is 0 Å². The molecule has 2 aromatic carbocycles. The summed E-state index contributed by atoms with van der Waals surface area (Å²) in [7, 11) is 0. The molecule has 1 nitrogen and oxygen atoms in total. The van der Waals surface area contributed by atoms with Gasteiger partial charge < -0.3 is 5.32 Å². The van der Waals surface area contributed by atoms with Crippen molar-refractivity contribution in [3.8, 4) is 0 Å². The van der Waals surface area contributed by atoms with Crippen LogP contribution in [0.4, 0.5) is 0 Å². The molecule has 2 heteroatoms. The Bertz CT molecular complexity index is 519. The Kier molecular flexibility index (Phi) is 5.06. The third kappa shape index (κ3) is 4.12. The van der Waals surface area contributed by atoms with Gasteiger partial charge in [-0.05, 0) is 50.2 Å². The number of nitrogens with one attached hydrogen (secondary N) is 1. The highest BCUT2D eigenvalue weighted by atomic mass is 32.2. The summed E-state index contributed by atoms with van der Waals surface area (Å²) in [4.78, 5) is 2.59. The highest BCUT2D eigenvalue weighted by Crippen LogP contribution is 2.29. The van der Waals surface area contributed by atoms with Gasteiger partial charge in [-0.3, -0.25) is 0 Å². The molecule has 0 spiro atoms. The van der Waals surface area contributed by atoms with Crippen LogP contribution < -0.4 is 5.32 Å². The fraction of sp³-hybridized carbons (Fsp3) is 0.294. The Hall–Kier alpha value is -1.25. The number of hydrogen-bond acceptors (Lipinski definition) is 2. The summed E-state index contributed by atoms with van der Waals surface area (Å²) in [6.07, 6.45) is 0. The van der Waals surface area contributed by atoms with Gasteiger partial charge in [-0.25, -0.2) is 0 Å². The van der Waals surface area contributed by atoms with Crippen molar-refractivity contribution < 1.29 is 0 Å². The van der Waals surface area contributed by atoms with Crippen LogP contribution in [0.15, 0.2) is 58.3 Å². The Morgan fingerprint density at radius 1 is 1.05 bits per heavy atom. The first kappa shape index (κ1) is 14.2. The van der Waals surface area contributed by atoms with Gasteiger partial charge in [-0.15, -0.1) is 0 Å². The van der Waals surface area contributed by atoms with Crippen molar-refractivity contribution in [2.45, 2.75) is 36.6 Å². The van der Waals surface area contributed by atoms with Gasteiger partial charge in [0.25, 0.3) is 0 Å². The number of rotatable bonds is 5. The predicted octanol–water partition coefficient (Wildman–Crippen LogP) is 4.82. The molecule has 0 heterocycles. The summed E-state index contributed by atoms with van der Waals surface area (Å²) >= 11 is 1.82. The lowest BCUT2D eigenvalue weighted by Crippen LogP contribution is -2.17. The lowest BCUT2D eigenvalue weighted by Gasteiger charge is -2.13. The standard InChI is InChI=1S/C17H21NS/c1-4-18-14(3)15-8-10-16(11-9-15)19-17-7-5-6-13(2)12-17/h5-12,14,18H,4H2,1-3H3. The van der Waals surface area contributed by atoms with Crippen LogP contribution in [0.1, 0.15) is 31.0 Å². The lowest BCUT2D eigenvalue weighted by molar-refractivity contribution is 0.598. The second-order valence-corrected chi connectivity index (χ2v) is 5.91. The van der Waals surface area contributed by atoms with E-state index in [1.165, 1.54) is 20.9 Å². The summed E-state index contributed by atoms with van der Waals surface area (Å²) in [5.41, 5.74) is 2.65. The zero-order valence-corrected chi connectivity index (χ0v) is 12.6. The minimum absolute atomic E-state index is 0.419. The van der Waals surface area contributed by atoms with Crippen LogP contribution in [0.3, 0.4) is 0 Å². The van der Waals surface area contributed by atoms with Crippen LogP contribution in [0.2, 0.25) is 0 Å². The van der Waals surface area contributed by atoms with Crippen molar-refractivity contribution in [1.82, 2.24) is 5.32 Å².